The summed E-state index contributed by atoms with van der Waals surface area (Å²) in [5, 5.41) is 5.61. The number of esters is 1. The monoisotopic (exact) mass is 317 g/mol. The molecule has 0 bridgehead atoms. The third-order valence-corrected chi connectivity index (χ3v) is 4.39. The molecule has 0 saturated heterocycles. The van der Waals surface area contributed by atoms with Crippen molar-refractivity contribution in [2.45, 2.75) is 24.8 Å². The third kappa shape index (κ3) is 4.51. The van der Waals surface area contributed by atoms with Gasteiger partial charge in [0, 0.05) is 13.2 Å². The molecule has 1 aromatic heterocycles. The van der Waals surface area contributed by atoms with Crippen molar-refractivity contribution in [1.82, 2.24) is 14.9 Å². The first kappa shape index (κ1) is 15.9. The van der Waals surface area contributed by atoms with Crippen LogP contribution in [0.1, 0.15) is 30.1 Å². The van der Waals surface area contributed by atoms with Gasteiger partial charge >= 0.3 is 5.97 Å². The molecular formula is C12H19N3O5S. The van der Waals surface area contributed by atoms with Crippen LogP contribution in [-0.4, -0.2) is 50.9 Å². The fraction of sp³-hybridized carbons (Fsp3) is 0.667. The van der Waals surface area contributed by atoms with Crippen molar-refractivity contribution in [3.05, 3.63) is 11.8 Å². The van der Waals surface area contributed by atoms with Gasteiger partial charge in [-0.25, -0.2) is 17.9 Å². The van der Waals surface area contributed by atoms with Crippen LogP contribution in [0, 0.1) is 5.92 Å². The lowest BCUT2D eigenvalue weighted by molar-refractivity contribution is 0.0522. The molecule has 1 aromatic rings. The summed E-state index contributed by atoms with van der Waals surface area (Å²) in [6, 6.07) is 0. The lowest BCUT2D eigenvalue weighted by atomic mass is 10.4. The fourth-order valence-corrected chi connectivity index (χ4v) is 2.78. The zero-order valence-corrected chi connectivity index (χ0v) is 12.6. The van der Waals surface area contributed by atoms with E-state index in [1.54, 1.807) is 6.92 Å². The number of aromatic amines is 1. The molecule has 1 aliphatic carbocycles. The Labute approximate surface area is 123 Å². The molecule has 0 amide bonds. The molecule has 1 fully saturated rings. The first-order valence-corrected chi connectivity index (χ1v) is 8.30. The number of nitrogens with one attached hydrogen (secondary N) is 2. The van der Waals surface area contributed by atoms with Gasteiger partial charge in [-0.2, -0.15) is 5.10 Å². The highest BCUT2D eigenvalue weighted by Crippen LogP contribution is 2.28. The maximum Gasteiger partial charge on any atom is 0.342 e. The minimum atomic E-state index is -3.84. The molecule has 1 saturated carbocycles. The Kier molecular flexibility index (Phi) is 5.32. The number of carbonyl (C=O) groups is 1. The summed E-state index contributed by atoms with van der Waals surface area (Å²) in [7, 11) is -3.84. The standard InChI is InChI=1S/C12H19N3O5S/c1-2-20-12(16)10-7-13-15-11(10)21(17,18)14-5-6-19-8-9-3-4-9/h7,9,14H,2-6,8H2,1H3,(H,13,15). The third-order valence-electron chi connectivity index (χ3n) is 2.96. The summed E-state index contributed by atoms with van der Waals surface area (Å²) < 4.78 is 36.7. The Bertz CT molecular complexity index is 579. The molecule has 0 spiro atoms. The van der Waals surface area contributed by atoms with Crippen molar-refractivity contribution in [2.75, 3.05) is 26.4 Å². The molecule has 0 unspecified atom stereocenters. The zero-order chi connectivity index (χ0) is 15.3. The van der Waals surface area contributed by atoms with Crippen LogP contribution in [-0.2, 0) is 19.5 Å². The van der Waals surface area contributed by atoms with E-state index < -0.39 is 16.0 Å². The highest BCUT2D eigenvalue weighted by Gasteiger charge is 2.25. The zero-order valence-electron chi connectivity index (χ0n) is 11.8. The van der Waals surface area contributed by atoms with E-state index in [0.29, 0.717) is 19.1 Å². The quantitative estimate of drug-likeness (QED) is 0.500. The van der Waals surface area contributed by atoms with Crippen molar-refractivity contribution in [1.29, 1.82) is 0 Å². The average Bonchev–Trinajstić information content (AvgIpc) is 3.11. The smallest absolute Gasteiger partial charge is 0.342 e. The first-order valence-electron chi connectivity index (χ1n) is 6.82. The van der Waals surface area contributed by atoms with Gasteiger partial charge in [0.05, 0.1) is 19.4 Å². The van der Waals surface area contributed by atoms with Crippen molar-refractivity contribution in [2.24, 2.45) is 5.92 Å². The van der Waals surface area contributed by atoms with Gasteiger partial charge in [-0.15, -0.1) is 0 Å². The molecule has 9 heteroatoms. The molecule has 8 nitrogen and oxygen atoms in total. The van der Waals surface area contributed by atoms with Gasteiger partial charge in [0.25, 0.3) is 10.0 Å². The van der Waals surface area contributed by atoms with Crippen LogP contribution in [0.5, 0.6) is 0 Å². The normalized spacial score (nSPS) is 15.1. The molecule has 118 valence electrons. The number of hydrogen-bond donors (Lipinski definition) is 2. The van der Waals surface area contributed by atoms with Crippen LogP contribution in [0.2, 0.25) is 0 Å². The van der Waals surface area contributed by atoms with E-state index in [1.807, 2.05) is 0 Å². The van der Waals surface area contributed by atoms with E-state index in [-0.39, 0.29) is 23.7 Å². The van der Waals surface area contributed by atoms with Crippen LogP contribution in [0.3, 0.4) is 0 Å². The summed E-state index contributed by atoms with van der Waals surface area (Å²) in [5.74, 6) is -0.0961. The summed E-state index contributed by atoms with van der Waals surface area (Å²) in [4.78, 5) is 11.6. The van der Waals surface area contributed by atoms with E-state index in [9.17, 15) is 13.2 Å². The Balaban J connectivity index is 1.89. The van der Waals surface area contributed by atoms with Gasteiger partial charge in [0.1, 0.15) is 5.56 Å². The van der Waals surface area contributed by atoms with Crippen LogP contribution >= 0.6 is 0 Å². The molecule has 0 radical (unpaired) electrons. The molecule has 1 heterocycles. The number of H-pyrrole nitrogens is 1. The molecule has 21 heavy (non-hydrogen) atoms. The predicted molar refractivity (Wildman–Crippen MR) is 73.3 cm³/mol. The highest BCUT2D eigenvalue weighted by atomic mass is 32.2. The van der Waals surface area contributed by atoms with Crippen LogP contribution in [0.4, 0.5) is 0 Å². The topological polar surface area (TPSA) is 110 Å². The van der Waals surface area contributed by atoms with Crippen molar-refractivity contribution in [3.63, 3.8) is 0 Å². The molecular weight excluding hydrogens is 298 g/mol. The Hall–Kier alpha value is -1.45. The second kappa shape index (κ2) is 7.01. The fourth-order valence-electron chi connectivity index (χ4n) is 1.69. The maximum absolute atomic E-state index is 12.1. The van der Waals surface area contributed by atoms with Gasteiger partial charge in [-0.05, 0) is 25.7 Å². The number of ether oxygens (including phenoxy) is 2. The molecule has 0 aliphatic heterocycles. The summed E-state index contributed by atoms with van der Waals surface area (Å²) in [5.41, 5.74) is -0.108. The Morgan fingerprint density at radius 3 is 2.95 bits per heavy atom. The van der Waals surface area contributed by atoms with Crippen LogP contribution < -0.4 is 4.72 Å². The van der Waals surface area contributed by atoms with Gasteiger partial charge in [-0.1, -0.05) is 0 Å². The van der Waals surface area contributed by atoms with Crippen LogP contribution in [0.15, 0.2) is 11.2 Å². The minimum Gasteiger partial charge on any atom is -0.462 e. The molecule has 2 rings (SSSR count). The molecule has 2 N–H and O–H groups in total. The average molecular weight is 317 g/mol. The second-order valence-electron chi connectivity index (χ2n) is 4.75. The van der Waals surface area contributed by atoms with E-state index in [1.165, 1.54) is 12.8 Å². The van der Waals surface area contributed by atoms with E-state index in [0.717, 1.165) is 6.20 Å². The van der Waals surface area contributed by atoms with E-state index in [4.69, 9.17) is 9.47 Å². The van der Waals surface area contributed by atoms with E-state index in [2.05, 4.69) is 14.9 Å². The predicted octanol–water partition coefficient (Wildman–Crippen LogP) is 0.291. The van der Waals surface area contributed by atoms with Crippen LogP contribution in [0.25, 0.3) is 0 Å². The molecule has 1 aliphatic rings. The van der Waals surface area contributed by atoms with E-state index >= 15 is 0 Å². The SMILES string of the molecule is CCOC(=O)c1cn[nH]c1S(=O)(=O)NCCOCC1CC1. The van der Waals surface area contributed by atoms with Crippen molar-refractivity contribution >= 4 is 16.0 Å². The number of aromatic nitrogens is 2. The van der Waals surface area contributed by atoms with Gasteiger partial charge < -0.3 is 9.47 Å². The minimum absolute atomic E-state index is 0.108. The first-order chi connectivity index (χ1) is 10.0. The summed E-state index contributed by atoms with van der Waals surface area (Å²) in [6.07, 6.45) is 3.50. The number of sulfonamides is 1. The number of hydrogen-bond acceptors (Lipinski definition) is 6. The molecule has 0 aromatic carbocycles. The lowest BCUT2D eigenvalue weighted by Crippen LogP contribution is -2.29. The number of nitrogens with zero attached hydrogens (tertiary/aromatic N) is 1. The lowest BCUT2D eigenvalue weighted by Gasteiger charge is -2.07. The molecule has 0 atom stereocenters. The number of carbonyl (C=O) groups excluding carboxylic acids is 1. The maximum atomic E-state index is 12.1. The largest absolute Gasteiger partial charge is 0.462 e. The Morgan fingerprint density at radius 2 is 2.29 bits per heavy atom. The van der Waals surface area contributed by atoms with Gasteiger partial charge in [-0.3, -0.25) is 5.10 Å². The van der Waals surface area contributed by atoms with Crippen molar-refractivity contribution < 1.29 is 22.7 Å². The summed E-state index contributed by atoms with van der Waals surface area (Å²) in [6.45, 7) is 2.89. The highest BCUT2D eigenvalue weighted by molar-refractivity contribution is 7.89. The Morgan fingerprint density at radius 1 is 1.52 bits per heavy atom. The summed E-state index contributed by atoms with van der Waals surface area (Å²) >= 11 is 0. The second-order valence-corrected chi connectivity index (χ2v) is 6.45. The van der Waals surface area contributed by atoms with Gasteiger partial charge in [0.15, 0.2) is 5.03 Å². The number of rotatable bonds is 9. The van der Waals surface area contributed by atoms with Crippen molar-refractivity contribution in [3.8, 4) is 0 Å². The van der Waals surface area contributed by atoms with Gasteiger partial charge in [0.2, 0.25) is 0 Å².